The second kappa shape index (κ2) is 3.85. The van der Waals surface area contributed by atoms with E-state index in [0.29, 0.717) is 6.07 Å². The van der Waals surface area contributed by atoms with Gasteiger partial charge in [0.2, 0.25) is 5.88 Å². The fraction of sp³-hybridized carbons (Fsp3) is 0. The molecule has 88 valence electrons. The molecule has 5 nitrogen and oxygen atoms in total. The number of nitrogens with two attached hydrogens (primary N) is 1. The summed E-state index contributed by atoms with van der Waals surface area (Å²) in [5.41, 5.74) is 4.28. The first-order valence-electron chi connectivity index (χ1n) is 4.44. The fourth-order valence-electron chi connectivity index (χ4n) is 1.32. The molecule has 0 bridgehead atoms. The van der Waals surface area contributed by atoms with Crippen LogP contribution in [0, 0.1) is 11.6 Å². The number of nitrogen functional groups attached to an aromatic ring is 1. The van der Waals surface area contributed by atoms with Crippen LogP contribution in [0.25, 0.3) is 11.3 Å². The summed E-state index contributed by atoms with van der Waals surface area (Å²) in [5, 5.41) is 12.0. The molecule has 0 atom stereocenters. The lowest BCUT2D eigenvalue weighted by Crippen LogP contribution is -2.02. The summed E-state index contributed by atoms with van der Waals surface area (Å²) >= 11 is 0. The molecule has 0 aliphatic heterocycles. The van der Waals surface area contributed by atoms with Crippen molar-refractivity contribution in [1.29, 1.82) is 0 Å². The number of carboxylic acids is 1. The summed E-state index contributed by atoms with van der Waals surface area (Å²) in [4.78, 5) is 10.6. The van der Waals surface area contributed by atoms with Gasteiger partial charge in [0.1, 0.15) is 17.3 Å². The number of benzene rings is 1. The molecule has 2 aromatic rings. The third-order valence-electron chi connectivity index (χ3n) is 2.09. The number of aromatic carboxylic acids is 1. The number of halogens is 2. The molecule has 0 amide bonds. The second-order valence-corrected chi connectivity index (χ2v) is 3.23. The number of nitrogens with zero attached hydrogens (tertiary/aromatic N) is 1. The highest BCUT2D eigenvalue weighted by Crippen LogP contribution is 2.26. The van der Waals surface area contributed by atoms with E-state index in [-0.39, 0.29) is 17.1 Å². The first-order chi connectivity index (χ1) is 7.99. The first-order valence-corrected chi connectivity index (χ1v) is 4.44. The van der Waals surface area contributed by atoms with Crippen LogP contribution < -0.4 is 5.73 Å². The number of carboxylic acid groups (broad SMARTS) is 1. The van der Waals surface area contributed by atoms with E-state index in [1.165, 1.54) is 6.07 Å². The van der Waals surface area contributed by atoms with Gasteiger partial charge in [0.25, 0.3) is 0 Å². The van der Waals surface area contributed by atoms with Crippen molar-refractivity contribution in [2.24, 2.45) is 0 Å². The molecule has 0 spiro atoms. The van der Waals surface area contributed by atoms with Crippen LogP contribution in [0.1, 0.15) is 10.4 Å². The van der Waals surface area contributed by atoms with Crippen LogP contribution in [0.4, 0.5) is 14.7 Å². The van der Waals surface area contributed by atoms with Gasteiger partial charge in [-0.15, -0.1) is 0 Å². The zero-order valence-electron chi connectivity index (χ0n) is 8.28. The molecule has 0 saturated heterocycles. The van der Waals surface area contributed by atoms with Crippen molar-refractivity contribution in [1.82, 2.24) is 5.16 Å². The minimum Gasteiger partial charge on any atom is -0.478 e. The average Bonchev–Trinajstić information content (AvgIpc) is 2.67. The SMILES string of the molecule is Nc1cc(-c2cc(F)c(C(=O)O)cc2F)no1. The summed E-state index contributed by atoms with van der Waals surface area (Å²) in [6.07, 6.45) is 0. The van der Waals surface area contributed by atoms with Gasteiger partial charge in [-0.05, 0) is 12.1 Å². The van der Waals surface area contributed by atoms with Crippen LogP contribution in [0.3, 0.4) is 0 Å². The van der Waals surface area contributed by atoms with E-state index in [2.05, 4.69) is 9.68 Å². The molecule has 0 aliphatic rings. The first kappa shape index (κ1) is 11.1. The van der Waals surface area contributed by atoms with E-state index >= 15 is 0 Å². The standard InChI is InChI=1S/C10H6F2N2O3/c11-6-2-5(10(15)16)7(12)1-4(6)8-3-9(13)17-14-8/h1-3H,13H2,(H,15,16). The predicted molar refractivity (Wildman–Crippen MR) is 53.2 cm³/mol. The van der Waals surface area contributed by atoms with E-state index in [4.69, 9.17) is 10.8 Å². The molecule has 1 aromatic heterocycles. The van der Waals surface area contributed by atoms with Crippen molar-refractivity contribution in [3.05, 3.63) is 35.4 Å². The maximum atomic E-state index is 13.5. The molecular weight excluding hydrogens is 234 g/mol. The molecule has 0 saturated carbocycles. The van der Waals surface area contributed by atoms with Crippen molar-refractivity contribution < 1.29 is 23.2 Å². The highest BCUT2D eigenvalue weighted by Gasteiger charge is 2.18. The Bertz CT molecular complexity index is 595. The number of anilines is 1. The third kappa shape index (κ3) is 1.94. The van der Waals surface area contributed by atoms with Gasteiger partial charge in [-0.25, -0.2) is 13.6 Å². The van der Waals surface area contributed by atoms with E-state index in [0.717, 1.165) is 6.07 Å². The molecule has 3 N–H and O–H groups in total. The Hall–Kier alpha value is -2.44. The van der Waals surface area contributed by atoms with Gasteiger partial charge in [-0.2, -0.15) is 0 Å². The summed E-state index contributed by atoms with van der Waals surface area (Å²) in [7, 11) is 0. The topological polar surface area (TPSA) is 89.4 Å². The van der Waals surface area contributed by atoms with Crippen LogP contribution in [0.5, 0.6) is 0 Å². The summed E-state index contributed by atoms with van der Waals surface area (Å²) in [6, 6.07) is 2.52. The van der Waals surface area contributed by atoms with Gasteiger partial charge in [-0.3, -0.25) is 0 Å². The number of aromatic nitrogens is 1. The normalized spacial score (nSPS) is 10.5. The van der Waals surface area contributed by atoms with Crippen molar-refractivity contribution in [3.8, 4) is 11.3 Å². The molecular formula is C10H6F2N2O3. The number of carbonyl (C=O) groups is 1. The van der Waals surface area contributed by atoms with Crippen LogP contribution in [0.15, 0.2) is 22.7 Å². The smallest absolute Gasteiger partial charge is 0.338 e. The zero-order chi connectivity index (χ0) is 12.6. The summed E-state index contributed by atoms with van der Waals surface area (Å²) in [6.45, 7) is 0. The Labute approximate surface area is 93.4 Å². The fourth-order valence-corrected chi connectivity index (χ4v) is 1.32. The molecule has 0 aliphatic carbocycles. The number of rotatable bonds is 2. The monoisotopic (exact) mass is 240 g/mol. The van der Waals surface area contributed by atoms with Crippen molar-refractivity contribution in [2.45, 2.75) is 0 Å². The lowest BCUT2D eigenvalue weighted by atomic mass is 10.1. The van der Waals surface area contributed by atoms with E-state index in [9.17, 15) is 13.6 Å². The van der Waals surface area contributed by atoms with Gasteiger partial charge in [0.05, 0.1) is 5.56 Å². The number of hydrogen-bond acceptors (Lipinski definition) is 4. The van der Waals surface area contributed by atoms with E-state index < -0.39 is 23.2 Å². The minimum absolute atomic E-state index is 0.00385. The largest absolute Gasteiger partial charge is 0.478 e. The molecule has 17 heavy (non-hydrogen) atoms. The molecule has 0 radical (unpaired) electrons. The van der Waals surface area contributed by atoms with Gasteiger partial charge in [0, 0.05) is 11.6 Å². The minimum atomic E-state index is -1.55. The molecule has 0 unspecified atom stereocenters. The van der Waals surface area contributed by atoms with Gasteiger partial charge >= 0.3 is 5.97 Å². The van der Waals surface area contributed by atoms with E-state index in [1.807, 2.05) is 0 Å². The lowest BCUT2D eigenvalue weighted by molar-refractivity contribution is 0.0691. The molecule has 0 fully saturated rings. The number of hydrogen-bond donors (Lipinski definition) is 2. The van der Waals surface area contributed by atoms with Crippen LogP contribution in [-0.4, -0.2) is 16.2 Å². The van der Waals surface area contributed by atoms with Gasteiger partial charge in [-0.1, -0.05) is 5.16 Å². The molecule has 1 aromatic carbocycles. The highest BCUT2D eigenvalue weighted by molar-refractivity contribution is 5.88. The second-order valence-electron chi connectivity index (χ2n) is 3.23. The average molecular weight is 240 g/mol. The molecule has 2 rings (SSSR count). The van der Waals surface area contributed by atoms with Crippen molar-refractivity contribution >= 4 is 11.9 Å². The highest BCUT2D eigenvalue weighted by atomic mass is 19.1. The Balaban J connectivity index is 2.57. The Morgan fingerprint density at radius 1 is 1.29 bits per heavy atom. The maximum absolute atomic E-state index is 13.5. The predicted octanol–water partition coefficient (Wildman–Crippen LogP) is 1.90. The van der Waals surface area contributed by atoms with Gasteiger partial charge < -0.3 is 15.4 Å². The third-order valence-corrected chi connectivity index (χ3v) is 2.09. The Morgan fingerprint density at radius 2 is 2.00 bits per heavy atom. The summed E-state index contributed by atoms with van der Waals surface area (Å²) < 4.78 is 31.4. The quantitative estimate of drug-likeness (QED) is 0.836. The van der Waals surface area contributed by atoms with Crippen molar-refractivity contribution in [2.75, 3.05) is 5.73 Å². The maximum Gasteiger partial charge on any atom is 0.338 e. The van der Waals surface area contributed by atoms with Crippen LogP contribution in [0.2, 0.25) is 0 Å². The van der Waals surface area contributed by atoms with E-state index in [1.54, 1.807) is 0 Å². The van der Waals surface area contributed by atoms with Crippen LogP contribution in [-0.2, 0) is 0 Å². The molecule has 1 heterocycles. The van der Waals surface area contributed by atoms with Crippen molar-refractivity contribution in [3.63, 3.8) is 0 Å². The van der Waals surface area contributed by atoms with Crippen LogP contribution >= 0.6 is 0 Å². The Kier molecular flexibility index (Phi) is 2.51. The zero-order valence-corrected chi connectivity index (χ0v) is 8.28. The lowest BCUT2D eigenvalue weighted by Gasteiger charge is -2.02. The van der Waals surface area contributed by atoms with Gasteiger partial charge in [0.15, 0.2) is 0 Å². The molecule has 7 heteroatoms. The summed E-state index contributed by atoms with van der Waals surface area (Å²) in [5.74, 6) is -3.58. The Morgan fingerprint density at radius 3 is 2.53 bits per heavy atom.